The smallest absolute Gasteiger partial charge is 0.0521 e. The van der Waals surface area contributed by atoms with Crippen LogP contribution in [0.15, 0.2) is 24.3 Å². The minimum Gasteiger partial charge on any atom is -0.308 e. The molecule has 0 spiro atoms. The first-order chi connectivity index (χ1) is 4.97. The van der Waals surface area contributed by atoms with Crippen LogP contribution < -0.4 is 5.32 Å². The van der Waals surface area contributed by atoms with Crippen molar-refractivity contribution in [1.82, 2.24) is 5.32 Å². The Morgan fingerprint density at radius 2 is 2.10 bits per heavy atom. The van der Waals surface area contributed by atoms with Gasteiger partial charge in [0.2, 0.25) is 0 Å². The van der Waals surface area contributed by atoms with Crippen molar-refractivity contribution in [2.75, 3.05) is 6.54 Å². The first-order valence-electron chi connectivity index (χ1n) is 3.61. The van der Waals surface area contributed by atoms with Crippen LogP contribution in [-0.4, -0.2) is 6.54 Å². The maximum absolute atomic E-state index is 3.22. The summed E-state index contributed by atoms with van der Waals surface area (Å²) in [6, 6.07) is 8.49. The molecule has 1 aliphatic rings. The molecule has 10 heavy (non-hydrogen) atoms. The maximum Gasteiger partial charge on any atom is 0.0521 e. The number of benzene rings is 1. The topological polar surface area (TPSA) is 12.0 Å². The molecule has 1 heteroatoms. The van der Waals surface area contributed by atoms with Crippen molar-refractivity contribution >= 4 is 0 Å². The molecule has 0 saturated heterocycles. The number of nitrogens with one attached hydrogen (secondary N) is 1. The van der Waals surface area contributed by atoms with Gasteiger partial charge in [-0.2, -0.15) is 0 Å². The van der Waals surface area contributed by atoms with Gasteiger partial charge in [0.05, 0.1) is 6.54 Å². The van der Waals surface area contributed by atoms with Crippen LogP contribution in [0.25, 0.3) is 0 Å². The Balaban J connectivity index is 2.41. The quantitative estimate of drug-likeness (QED) is 0.561. The summed E-state index contributed by atoms with van der Waals surface area (Å²) >= 11 is 0. The lowest BCUT2D eigenvalue weighted by Crippen LogP contribution is -2.21. The summed E-state index contributed by atoms with van der Waals surface area (Å²) in [6.45, 7) is 3.16. The molecule has 0 bridgehead atoms. The molecule has 0 amide bonds. The molecule has 1 N–H and O–H groups in total. The van der Waals surface area contributed by atoms with Gasteiger partial charge in [-0.15, -0.1) is 0 Å². The van der Waals surface area contributed by atoms with E-state index < -0.39 is 0 Å². The summed E-state index contributed by atoms with van der Waals surface area (Å²) < 4.78 is 0. The summed E-state index contributed by atoms with van der Waals surface area (Å²) in [5.74, 6) is 0. The predicted molar refractivity (Wildman–Crippen MR) is 41.6 cm³/mol. The monoisotopic (exact) mass is 132 g/mol. The molecule has 0 fully saturated rings. The van der Waals surface area contributed by atoms with Gasteiger partial charge in [-0.3, -0.25) is 0 Å². The van der Waals surface area contributed by atoms with E-state index in [9.17, 15) is 0 Å². The van der Waals surface area contributed by atoms with Crippen LogP contribution in [0.3, 0.4) is 0 Å². The van der Waals surface area contributed by atoms with Crippen LogP contribution >= 0.6 is 0 Å². The zero-order valence-electron chi connectivity index (χ0n) is 5.80. The number of fused-ring (bicyclic) bond motifs is 1. The van der Waals surface area contributed by atoms with Crippen molar-refractivity contribution in [2.45, 2.75) is 6.42 Å². The van der Waals surface area contributed by atoms with Crippen LogP contribution in [0.2, 0.25) is 0 Å². The largest absolute Gasteiger partial charge is 0.308 e. The highest BCUT2D eigenvalue weighted by atomic mass is 14.9. The first-order valence-corrected chi connectivity index (χ1v) is 3.61. The van der Waals surface area contributed by atoms with E-state index in [4.69, 9.17) is 0 Å². The van der Waals surface area contributed by atoms with Crippen molar-refractivity contribution in [1.29, 1.82) is 0 Å². The lowest BCUT2D eigenvalue weighted by Gasteiger charge is -2.15. The van der Waals surface area contributed by atoms with E-state index >= 15 is 0 Å². The average Bonchev–Trinajstić information content (AvgIpc) is 2.05. The van der Waals surface area contributed by atoms with E-state index in [-0.39, 0.29) is 0 Å². The number of rotatable bonds is 0. The Morgan fingerprint density at radius 1 is 1.20 bits per heavy atom. The molecular weight excluding hydrogens is 122 g/mol. The van der Waals surface area contributed by atoms with E-state index in [2.05, 4.69) is 36.1 Å². The molecule has 0 unspecified atom stereocenters. The third kappa shape index (κ3) is 0.929. The van der Waals surface area contributed by atoms with Gasteiger partial charge in [-0.05, 0) is 24.1 Å². The second-order valence-corrected chi connectivity index (χ2v) is 2.55. The van der Waals surface area contributed by atoms with Crippen LogP contribution in [0.1, 0.15) is 11.1 Å². The number of hydrogen-bond acceptors (Lipinski definition) is 1. The molecule has 1 radical (unpaired) electrons. The second-order valence-electron chi connectivity index (χ2n) is 2.55. The van der Waals surface area contributed by atoms with E-state index in [1.165, 1.54) is 11.1 Å². The highest BCUT2D eigenvalue weighted by Crippen LogP contribution is 2.13. The number of hydrogen-bond donors (Lipinski definition) is 1. The summed E-state index contributed by atoms with van der Waals surface area (Å²) in [5.41, 5.74) is 2.80. The Morgan fingerprint density at radius 3 is 3.00 bits per heavy atom. The van der Waals surface area contributed by atoms with Crippen molar-refractivity contribution in [2.24, 2.45) is 0 Å². The molecule has 0 atom stereocenters. The Hall–Kier alpha value is -0.820. The van der Waals surface area contributed by atoms with Gasteiger partial charge in [-0.1, -0.05) is 24.3 Å². The van der Waals surface area contributed by atoms with Gasteiger partial charge in [0.1, 0.15) is 0 Å². The third-order valence-corrected chi connectivity index (χ3v) is 1.85. The Bertz CT molecular complexity index is 205. The first kappa shape index (κ1) is 5.93. The fraction of sp³-hybridized carbons (Fsp3) is 0.222. The summed E-state index contributed by atoms with van der Waals surface area (Å²) in [5, 5.41) is 3.22. The summed E-state index contributed by atoms with van der Waals surface area (Å²) in [6.07, 6.45) is 1.16. The van der Waals surface area contributed by atoms with Crippen LogP contribution in [0, 0.1) is 6.54 Å². The van der Waals surface area contributed by atoms with Gasteiger partial charge in [-0.25, -0.2) is 0 Å². The lowest BCUT2D eigenvalue weighted by atomic mass is 10.0. The zero-order valence-corrected chi connectivity index (χ0v) is 5.80. The normalized spacial score (nSPS) is 16.4. The standard InChI is InChI=1S/C9H10N/c1-2-4-9-7-10-6-5-8(9)3-1/h1-4,7,10H,5-6H2. The van der Waals surface area contributed by atoms with Crippen molar-refractivity contribution in [3.8, 4) is 0 Å². The van der Waals surface area contributed by atoms with Crippen molar-refractivity contribution in [3.63, 3.8) is 0 Å². The van der Waals surface area contributed by atoms with E-state index in [1.807, 2.05) is 0 Å². The molecular formula is C9H10N. The molecule has 1 nitrogen and oxygen atoms in total. The molecule has 1 aliphatic heterocycles. The Labute approximate surface area is 61.1 Å². The molecule has 0 saturated carbocycles. The zero-order chi connectivity index (χ0) is 6.81. The molecule has 1 heterocycles. The van der Waals surface area contributed by atoms with Gasteiger partial charge >= 0.3 is 0 Å². The summed E-state index contributed by atoms with van der Waals surface area (Å²) in [7, 11) is 0. The van der Waals surface area contributed by atoms with Gasteiger partial charge < -0.3 is 5.32 Å². The molecule has 0 aromatic heterocycles. The fourth-order valence-electron chi connectivity index (χ4n) is 1.29. The molecule has 1 aromatic rings. The minimum absolute atomic E-state index is 1.08. The van der Waals surface area contributed by atoms with Gasteiger partial charge in [0.25, 0.3) is 0 Å². The van der Waals surface area contributed by atoms with Crippen LogP contribution in [-0.2, 0) is 6.42 Å². The predicted octanol–water partition coefficient (Wildman–Crippen LogP) is 1.34. The van der Waals surface area contributed by atoms with Gasteiger partial charge in [0.15, 0.2) is 0 Å². The van der Waals surface area contributed by atoms with E-state index in [1.54, 1.807) is 0 Å². The van der Waals surface area contributed by atoms with Crippen LogP contribution in [0.5, 0.6) is 0 Å². The average molecular weight is 132 g/mol. The Kier molecular flexibility index (Phi) is 1.44. The van der Waals surface area contributed by atoms with Crippen molar-refractivity contribution < 1.29 is 0 Å². The van der Waals surface area contributed by atoms with Crippen molar-refractivity contribution in [3.05, 3.63) is 41.9 Å². The van der Waals surface area contributed by atoms with Crippen LogP contribution in [0.4, 0.5) is 0 Å². The molecule has 51 valence electrons. The molecule has 0 aliphatic carbocycles. The lowest BCUT2D eigenvalue weighted by molar-refractivity contribution is 0.753. The second kappa shape index (κ2) is 2.43. The summed E-state index contributed by atoms with van der Waals surface area (Å²) in [4.78, 5) is 0. The molecule has 2 rings (SSSR count). The highest BCUT2D eigenvalue weighted by Gasteiger charge is 2.05. The maximum atomic E-state index is 3.22. The molecule has 1 aromatic carbocycles. The van der Waals surface area contributed by atoms with Gasteiger partial charge in [0, 0.05) is 0 Å². The fourth-order valence-corrected chi connectivity index (χ4v) is 1.29. The third-order valence-electron chi connectivity index (χ3n) is 1.85. The minimum atomic E-state index is 1.08. The highest BCUT2D eigenvalue weighted by molar-refractivity contribution is 5.34. The van der Waals surface area contributed by atoms with E-state index in [0.717, 1.165) is 13.0 Å². The van der Waals surface area contributed by atoms with E-state index in [0.29, 0.717) is 0 Å². The SMILES string of the molecule is [CH]1NCCc2ccccc21.